The fraction of sp³-hybridized carbons (Fsp3) is 0.667. The number of aliphatic carboxylic acids is 1. The number of aromatic nitrogens is 1. The van der Waals surface area contributed by atoms with Crippen LogP contribution in [-0.2, 0) is 21.5 Å². The van der Waals surface area contributed by atoms with Crippen molar-refractivity contribution >= 4 is 23.2 Å². The van der Waals surface area contributed by atoms with Gasteiger partial charge in [0.15, 0.2) is 0 Å². The number of halogens is 3. The van der Waals surface area contributed by atoms with Gasteiger partial charge in [0, 0.05) is 12.6 Å². The van der Waals surface area contributed by atoms with E-state index in [9.17, 15) is 18.0 Å². The molecule has 242 valence electrons. The number of alkyl halides is 3. The third kappa shape index (κ3) is 6.99. The quantitative estimate of drug-likeness (QED) is 0.528. The van der Waals surface area contributed by atoms with Crippen LogP contribution in [0.15, 0.2) is 30.3 Å². The van der Waals surface area contributed by atoms with E-state index in [2.05, 4.69) is 54.4 Å². The van der Waals surface area contributed by atoms with Crippen LogP contribution in [0.3, 0.4) is 0 Å². The lowest BCUT2D eigenvalue weighted by Gasteiger charge is -2.47. The molecule has 4 aliphatic rings. The van der Waals surface area contributed by atoms with Gasteiger partial charge in [-0.3, -0.25) is 4.79 Å². The van der Waals surface area contributed by atoms with Crippen molar-refractivity contribution in [2.75, 3.05) is 32.7 Å². The number of hydrogen-bond donors (Lipinski definition) is 2. The van der Waals surface area contributed by atoms with Crippen LogP contribution in [0.1, 0.15) is 85.4 Å². The number of carbonyl (C=O) groups is 2. The predicted molar refractivity (Wildman–Crippen MR) is 160 cm³/mol. The van der Waals surface area contributed by atoms with Crippen LogP contribution in [0.5, 0.6) is 0 Å². The summed E-state index contributed by atoms with van der Waals surface area (Å²) in [4.78, 5) is 34.0. The van der Waals surface area contributed by atoms with Gasteiger partial charge in [-0.2, -0.15) is 13.2 Å². The maximum absolute atomic E-state index is 14.7. The van der Waals surface area contributed by atoms with Gasteiger partial charge in [0.2, 0.25) is 5.91 Å². The fourth-order valence-electron chi connectivity index (χ4n) is 8.46. The molecule has 2 aromatic rings. The molecule has 1 aliphatic carbocycles. The van der Waals surface area contributed by atoms with Crippen molar-refractivity contribution in [1.29, 1.82) is 0 Å². The Morgan fingerprint density at radius 3 is 2.52 bits per heavy atom. The van der Waals surface area contributed by atoms with Crippen LogP contribution >= 0.6 is 11.3 Å². The van der Waals surface area contributed by atoms with Crippen molar-refractivity contribution in [2.45, 2.75) is 95.3 Å². The molecule has 7 nitrogen and oxygen atoms in total. The number of nitrogens with one attached hydrogen (secondary N) is 1. The number of quaternary nitrogens is 2. The third-order valence-corrected chi connectivity index (χ3v) is 11.6. The molecule has 3 fully saturated rings. The first-order valence-corrected chi connectivity index (χ1v) is 17.1. The molecule has 1 saturated carbocycles. The van der Waals surface area contributed by atoms with E-state index in [0.717, 1.165) is 45.6 Å². The smallest absolute Gasteiger partial charge is 0.430 e. The Hall–Kier alpha value is -2.50. The zero-order chi connectivity index (χ0) is 31.5. The Morgan fingerprint density at radius 2 is 1.86 bits per heavy atom. The van der Waals surface area contributed by atoms with E-state index in [4.69, 9.17) is 14.9 Å². The minimum Gasteiger partial charge on any atom is -0.542 e. The van der Waals surface area contributed by atoms with E-state index in [1.807, 2.05) is 11.3 Å². The summed E-state index contributed by atoms with van der Waals surface area (Å²) < 4.78 is 31.5. The zero-order valence-corrected chi connectivity index (χ0v) is 26.7. The van der Waals surface area contributed by atoms with Crippen LogP contribution in [-0.4, -0.2) is 66.7 Å². The summed E-state index contributed by atoms with van der Waals surface area (Å²) in [5, 5.41) is 12.4. The highest BCUT2D eigenvalue weighted by Crippen LogP contribution is 2.44. The van der Waals surface area contributed by atoms with Gasteiger partial charge in [-0.15, -0.1) is 11.3 Å². The number of nitrogens with zero attached hydrogens (tertiary/aromatic N) is 2. The first kappa shape index (κ1) is 32.9. The Morgan fingerprint density at radius 1 is 1.16 bits per heavy atom. The standard InChI is InChI=1S/C31H44N4OS.C2HF3O2/c1-3-15-34-19-27-29(37-22(2)33-27)31(21-34)20-32-18-26(31)30(36)35-16-14-25(23-10-6-4-7-11-23)17-28(35)24-12-8-5-9-13-24;3-2(4,5)1(6)7/h4,6-7,10-11,24-26,28,32H,3,5,8-9,12-21H2,1-2H3;(H,6,7)/p+1/t25-,26+,28+,31+;/m1./s1. The van der Waals surface area contributed by atoms with Crippen LogP contribution in [0.2, 0.25) is 0 Å². The molecule has 1 amide bonds. The van der Waals surface area contributed by atoms with Crippen LogP contribution in [0, 0.1) is 18.8 Å². The van der Waals surface area contributed by atoms with Gasteiger partial charge in [0.1, 0.15) is 29.5 Å². The average molecular weight is 636 g/mol. The number of amides is 1. The molecule has 0 bridgehead atoms. The molecule has 1 aromatic carbocycles. The molecule has 3 N–H and O–H groups in total. The highest BCUT2D eigenvalue weighted by atomic mass is 32.1. The largest absolute Gasteiger partial charge is 0.542 e. The topological polar surface area (TPSA) is 94.4 Å². The van der Waals surface area contributed by atoms with Crippen molar-refractivity contribution in [2.24, 2.45) is 11.8 Å². The van der Waals surface area contributed by atoms with Gasteiger partial charge in [0.25, 0.3) is 0 Å². The minimum absolute atomic E-state index is 0.0471. The molecule has 5 atom stereocenters. The monoisotopic (exact) mass is 635 g/mol. The second-order valence-corrected chi connectivity index (χ2v) is 14.4. The van der Waals surface area contributed by atoms with E-state index in [1.54, 1.807) is 4.90 Å². The number of fused-ring (bicyclic) bond motifs is 2. The molecule has 3 aliphatic heterocycles. The van der Waals surface area contributed by atoms with E-state index in [1.165, 1.54) is 66.2 Å². The summed E-state index contributed by atoms with van der Waals surface area (Å²) in [7, 11) is 0. The Balaban J connectivity index is 0.000000493. The van der Waals surface area contributed by atoms with E-state index < -0.39 is 12.1 Å². The highest BCUT2D eigenvalue weighted by Gasteiger charge is 2.59. The normalized spacial score (nSPS) is 29.2. The fourth-order valence-corrected chi connectivity index (χ4v) is 9.65. The lowest BCUT2D eigenvalue weighted by molar-refractivity contribution is -0.922. The molecule has 4 heterocycles. The third-order valence-electron chi connectivity index (χ3n) is 10.3. The van der Waals surface area contributed by atoms with Crippen molar-refractivity contribution in [3.8, 4) is 0 Å². The minimum atomic E-state index is -5.19. The molecular weight excluding hydrogens is 589 g/mol. The number of benzene rings is 1. The number of carboxylic acid groups (broad SMARTS) is 1. The Bertz CT molecular complexity index is 1280. The van der Waals surface area contributed by atoms with Crippen molar-refractivity contribution in [1.82, 2.24) is 9.88 Å². The highest BCUT2D eigenvalue weighted by molar-refractivity contribution is 7.11. The summed E-state index contributed by atoms with van der Waals surface area (Å²) >= 11 is 1.89. The van der Waals surface area contributed by atoms with Crippen molar-refractivity contribution < 1.29 is 38.1 Å². The number of carboxylic acids is 1. The van der Waals surface area contributed by atoms with Gasteiger partial charge in [0.05, 0.1) is 36.1 Å². The maximum atomic E-state index is 14.7. The van der Waals surface area contributed by atoms with Gasteiger partial charge in [-0.25, -0.2) is 4.98 Å². The van der Waals surface area contributed by atoms with Crippen LogP contribution in [0.25, 0.3) is 0 Å². The van der Waals surface area contributed by atoms with Crippen LogP contribution in [0.4, 0.5) is 13.2 Å². The van der Waals surface area contributed by atoms with E-state index >= 15 is 0 Å². The van der Waals surface area contributed by atoms with Crippen LogP contribution < -0.4 is 15.3 Å². The molecular formula is C33H46F3N4O3S+. The zero-order valence-electron chi connectivity index (χ0n) is 25.8. The molecule has 44 heavy (non-hydrogen) atoms. The Labute approximate surface area is 262 Å². The molecule has 11 heteroatoms. The molecule has 1 unspecified atom stereocenters. The summed E-state index contributed by atoms with van der Waals surface area (Å²) in [6.45, 7) is 10.6. The lowest BCUT2D eigenvalue weighted by Crippen LogP contribution is -3.14. The van der Waals surface area contributed by atoms with E-state index in [-0.39, 0.29) is 11.3 Å². The lowest BCUT2D eigenvalue weighted by atomic mass is 9.71. The molecule has 0 radical (unpaired) electrons. The second-order valence-electron chi connectivity index (χ2n) is 13.2. The summed E-state index contributed by atoms with van der Waals surface area (Å²) in [6.07, 6.45) is 4.85. The maximum Gasteiger partial charge on any atom is 0.430 e. The molecule has 1 spiro atoms. The number of piperidine rings is 1. The van der Waals surface area contributed by atoms with Crippen molar-refractivity contribution in [3.05, 3.63) is 51.5 Å². The number of rotatable bonds is 5. The van der Waals surface area contributed by atoms with E-state index in [0.29, 0.717) is 23.8 Å². The van der Waals surface area contributed by atoms with Gasteiger partial charge >= 0.3 is 6.18 Å². The number of aryl methyl sites for hydroxylation is 1. The SMILES string of the molecule is CCC[NH+]1Cc2nc(C)sc2[C@@]2(C[NH2+]C[C@H]2C(=O)N2CC[C@@H](c3ccccc3)C[C@H]2C2CCCCC2)C1.O=C([O-])C(F)(F)F. The number of carbonyl (C=O) groups excluding carboxylic acids is 2. The summed E-state index contributed by atoms with van der Waals surface area (Å²) in [6, 6.07) is 11.5. The number of nitrogens with two attached hydrogens (primary N) is 1. The number of thiazole rings is 1. The molecule has 1 aromatic heterocycles. The number of likely N-dealkylation sites (tertiary alicyclic amines) is 1. The van der Waals surface area contributed by atoms with Gasteiger partial charge < -0.3 is 25.0 Å². The van der Waals surface area contributed by atoms with Gasteiger partial charge in [-0.1, -0.05) is 56.5 Å². The van der Waals surface area contributed by atoms with Crippen molar-refractivity contribution in [3.63, 3.8) is 0 Å². The average Bonchev–Trinajstić information content (AvgIpc) is 3.61. The first-order valence-electron chi connectivity index (χ1n) is 16.3. The predicted octanol–water partition coefficient (Wildman–Crippen LogP) is 2.34. The summed E-state index contributed by atoms with van der Waals surface area (Å²) in [5.41, 5.74) is 2.71. The second kappa shape index (κ2) is 13.9. The number of hydrogen-bond acceptors (Lipinski definition) is 5. The first-order chi connectivity index (χ1) is 21.0. The molecule has 2 saturated heterocycles. The Kier molecular flexibility index (Phi) is 10.4. The van der Waals surface area contributed by atoms with Gasteiger partial charge in [-0.05, 0) is 56.4 Å². The summed E-state index contributed by atoms with van der Waals surface area (Å²) in [5.74, 6) is -1.22. The molecule has 6 rings (SSSR count).